The summed E-state index contributed by atoms with van der Waals surface area (Å²) in [6.07, 6.45) is 3.24. The first kappa shape index (κ1) is 11.7. The van der Waals surface area contributed by atoms with E-state index in [-0.39, 0.29) is 12.2 Å². The second-order valence-corrected chi connectivity index (χ2v) is 5.65. The number of carbonyl (C=O) groups is 1. The van der Waals surface area contributed by atoms with Gasteiger partial charge in [0, 0.05) is 0 Å². The van der Waals surface area contributed by atoms with Crippen LogP contribution in [0, 0.1) is 12.3 Å². The second kappa shape index (κ2) is 4.09. The Morgan fingerprint density at radius 3 is 2.61 bits per heavy atom. The normalized spacial score (nSPS) is 33.8. The average Bonchev–Trinajstić information content (AvgIpc) is 2.93. The molecule has 3 unspecified atom stereocenters. The average molecular weight is 246 g/mol. The topological polar surface area (TPSA) is 46.5 Å². The standard InChI is InChI=1S/C15H18O3/c1-10-2-4-11(5-3-10)8-15(14(16)17)9-12-6-7-13(15)18-12/h2-5,12-13H,6-9H2,1H3,(H,16,17). The highest BCUT2D eigenvalue weighted by Gasteiger charge is 2.57. The number of benzene rings is 1. The highest BCUT2D eigenvalue weighted by Crippen LogP contribution is 2.49. The van der Waals surface area contributed by atoms with Crippen LogP contribution in [0.5, 0.6) is 0 Å². The lowest BCUT2D eigenvalue weighted by molar-refractivity contribution is -0.152. The zero-order valence-corrected chi connectivity index (χ0v) is 10.6. The van der Waals surface area contributed by atoms with Gasteiger partial charge >= 0.3 is 5.97 Å². The molecule has 1 N–H and O–H groups in total. The van der Waals surface area contributed by atoms with Gasteiger partial charge in [-0.2, -0.15) is 0 Å². The van der Waals surface area contributed by atoms with Crippen molar-refractivity contribution >= 4 is 5.97 Å². The number of carboxylic acids is 1. The van der Waals surface area contributed by atoms with Crippen molar-refractivity contribution in [3.8, 4) is 0 Å². The van der Waals surface area contributed by atoms with Crippen LogP contribution in [-0.2, 0) is 16.0 Å². The van der Waals surface area contributed by atoms with Crippen LogP contribution in [0.2, 0.25) is 0 Å². The maximum absolute atomic E-state index is 11.7. The first-order valence-corrected chi connectivity index (χ1v) is 6.54. The number of fused-ring (bicyclic) bond motifs is 2. The van der Waals surface area contributed by atoms with Crippen LogP contribution in [0.25, 0.3) is 0 Å². The van der Waals surface area contributed by atoms with E-state index in [1.807, 2.05) is 31.2 Å². The number of aryl methyl sites for hydroxylation is 1. The molecule has 2 saturated heterocycles. The number of rotatable bonds is 3. The van der Waals surface area contributed by atoms with Gasteiger partial charge in [-0.1, -0.05) is 29.8 Å². The third-order valence-electron chi connectivity index (χ3n) is 4.38. The Morgan fingerprint density at radius 1 is 1.39 bits per heavy atom. The Hall–Kier alpha value is -1.35. The quantitative estimate of drug-likeness (QED) is 0.891. The second-order valence-electron chi connectivity index (χ2n) is 5.65. The Labute approximate surface area is 107 Å². The Morgan fingerprint density at radius 2 is 2.11 bits per heavy atom. The van der Waals surface area contributed by atoms with Crippen molar-refractivity contribution < 1.29 is 14.6 Å². The molecule has 3 rings (SSSR count). The monoisotopic (exact) mass is 246 g/mol. The Bertz CT molecular complexity index is 465. The molecule has 2 heterocycles. The van der Waals surface area contributed by atoms with Crippen LogP contribution < -0.4 is 0 Å². The number of hydrogen-bond acceptors (Lipinski definition) is 2. The largest absolute Gasteiger partial charge is 0.481 e. The van der Waals surface area contributed by atoms with E-state index in [2.05, 4.69) is 0 Å². The molecule has 3 heteroatoms. The number of ether oxygens (including phenoxy) is 1. The van der Waals surface area contributed by atoms with Crippen LogP contribution in [0.3, 0.4) is 0 Å². The number of aliphatic carboxylic acids is 1. The predicted octanol–water partition coefficient (Wildman–Crippen LogP) is 2.56. The summed E-state index contributed by atoms with van der Waals surface area (Å²) in [4.78, 5) is 11.7. The van der Waals surface area contributed by atoms with Crippen molar-refractivity contribution in [3.63, 3.8) is 0 Å². The van der Waals surface area contributed by atoms with Gasteiger partial charge in [-0.15, -0.1) is 0 Å². The van der Waals surface area contributed by atoms with Gasteiger partial charge in [-0.05, 0) is 38.2 Å². The van der Waals surface area contributed by atoms with Gasteiger partial charge in [0.25, 0.3) is 0 Å². The van der Waals surface area contributed by atoms with Crippen molar-refractivity contribution in [1.29, 1.82) is 0 Å². The van der Waals surface area contributed by atoms with Gasteiger partial charge in [-0.25, -0.2) is 0 Å². The summed E-state index contributed by atoms with van der Waals surface area (Å²) >= 11 is 0. The zero-order valence-electron chi connectivity index (χ0n) is 10.6. The van der Waals surface area contributed by atoms with E-state index in [9.17, 15) is 9.90 Å². The van der Waals surface area contributed by atoms with E-state index in [0.717, 1.165) is 18.4 Å². The first-order valence-electron chi connectivity index (χ1n) is 6.54. The summed E-state index contributed by atoms with van der Waals surface area (Å²) in [5.41, 5.74) is 1.60. The molecule has 1 aromatic rings. The van der Waals surface area contributed by atoms with E-state index in [1.54, 1.807) is 0 Å². The highest BCUT2D eigenvalue weighted by molar-refractivity contribution is 5.76. The molecule has 18 heavy (non-hydrogen) atoms. The minimum atomic E-state index is -0.699. The molecule has 96 valence electrons. The van der Waals surface area contributed by atoms with E-state index in [4.69, 9.17) is 4.74 Å². The molecule has 0 amide bonds. The van der Waals surface area contributed by atoms with Crippen LogP contribution in [-0.4, -0.2) is 23.3 Å². The summed E-state index contributed by atoms with van der Waals surface area (Å²) in [6, 6.07) is 8.15. The van der Waals surface area contributed by atoms with Crippen LogP contribution in [0.15, 0.2) is 24.3 Å². The third kappa shape index (κ3) is 1.74. The Balaban J connectivity index is 1.88. The fourth-order valence-corrected chi connectivity index (χ4v) is 3.36. The van der Waals surface area contributed by atoms with E-state index >= 15 is 0 Å². The predicted molar refractivity (Wildman–Crippen MR) is 67.5 cm³/mol. The summed E-state index contributed by atoms with van der Waals surface area (Å²) < 4.78 is 5.76. The minimum Gasteiger partial charge on any atom is -0.481 e. The molecule has 0 aliphatic carbocycles. The molecular weight excluding hydrogens is 228 g/mol. The van der Waals surface area contributed by atoms with Gasteiger partial charge in [0.15, 0.2) is 0 Å². The van der Waals surface area contributed by atoms with Crippen molar-refractivity contribution in [2.45, 2.75) is 44.8 Å². The lowest BCUT2D eigenvalue weighted by Crippen LogP contribution is -2.42. The summed E-state index contributed by atoms with van der Waals surface area (Å²) in [6.45, 7) is 2.04. The third-order valence-corrected chi connectivity index (χ3v) is 4.38. The van der Waals surface area contributed by atoms with Crippen molar-refractivity contribution in [1.82, 2.24) is 0 Å². The van der Waals surface area contributed by atoms with Crippen LogP contribution in [0.1, 0.15) is 30.4 Å². The molecule has 2 aliphatic rings. The molecule has 2 fully saturated rings. The molecule has 2 bridgehead atoms. The van der Waals surface area contributed by atoms with E-state index in [1.165, 1.54) is 5.56 Å². The fraction of sp³-hybridized carbons (Fsp3) is 0.533. The molecule has 0 saturated carbocycles. The molecule has 0 radical (unpaired) electrons. The van der Waals surface area contributed by atoms with Gasteiger partial charge in [0.1, 0.15) is 5.41 Å². The minimum absolute atomic E-state index is 0.0960. The van der Waals surface area contributed by atoms with Gasteiger partial charge in [-0.3, -0.25) is 4.79 Å². The molecule has 3 nitrogen and oxygen atoms in total. The van der Waals surface area contributed by atoms with Crippen molar-refractivity contribution in [3.05, 3.63) is 35.4 Å². The van der Waals surface area contributed by atoms with Crippen molar-refractivity contribution in [2.75, 3.05) is 0 Å². The van der Waals surface area contributed by atoms with Crippen LogP contribution in [0.4, 0.5) is 0 Å². The number of hydrogen-bond donors (Lipinski definition) is 1. The molecule has 1 aromatic carbocycles. The number of carboxylic acid groups (broad SMARTS) is 1. The fourth-order valence-electron chi connectivity index (χ4n) is 3.36. The maximum Gasteiger partial charge on any atom is 0.312 e. The molecule has 0 aromatic heterocycles. The van der Waals surface area contributed by atoms with E-state index in [0.29, 0.717) is 12.8 Å². The van der Waals surface area contributed by atoms with Gasteiger partial charge in [0.2, 0.25) is 0 Å². The highest BCUT2D eigenvalue weighted by atomic mass is 16.5. The molecular formula is C15H18O3. The molecule has 0 spiro atoms. The molecule has 2 aliphatic heterocycles. The Kier molecular flexibility index (Phi) is 2.67. The van der Waals surface area contributed by atoms with Crippen molar-refractivity contribution in [2.24, 2.45) is 5.41 Å². The maximum atomic E-state index is 11.7. The smallest absolute Gasteiger partial charge is 0.312 e. The van der Waals surface area contributed by atoms with E-state index < -0.39 is 11.4 Å². The van der Waals surface area contributed by atoms with Crippen LogP contribution >= 0.6 is 0 Å². The van der Waals surface area contributed by atoms with Gasteiger partial charge in [0.05, 0.1) is 12.2 Å². The lowest BCUT2D eigenvalue weighted by Gasteiger charge is -2.31. The summed E-state index contributed by atoms with van der Waals surface area (Å²) in [7, 11) is 0. The van der Waals surface area contributed by atoms with Gasteiger partial charge < -0.3 is 9.84 Å². The zero-order chi connectivity index (χ0) is 12.8. The molecule has 3 atom stereocenters. The first-order chi connectivity index (χ1) is 8.60. The SMILES string of the molecule is Cc1ccc(CC2(C(=O)O)CC3CCC2O3)cc1. The lowest BCUT2D eigenvalue weighted by atomic mass is 9.70. The summed E-state index contributed by atoms with van der Waals surface area (Å²) in [5, 5.41) is 9.62. The summed E-state index contributed by atoms with van der Waals surface area (Å²) in [5.74, 6) is -0.699.